The zero-order valence-electron chi connectivity index (χ0n) is 22.1. The van der Waals surface area contributed by atoms with Gasteiger partial charge in [-0.25, -0.2) is 8.78 Å². The molecular weight excluding hydrogens is 496 g/mol. The molecule has 0 bridgehead atoms. The standard InChI is InChI=1S/C31H34F2N5O/c1-39-31(21-38-23-34-22-35-38,29-14-11-26(32)19-30(29)33)20-37-16-5-8-27(15-17-37)36-28-12-9-25(10-13-28)18-24-6-3-2-4-7-24/h2-4,6-7,9-14,19,21-23,27,36H,5,8,15-18,20H2,1H3/q+1/b38-21+. The van der Waals surface area contributed by atoms with Crippen molar-refractivity contribution in [1.82, 2.24) is 4.90 Å². The van der Waals surface area contributed by atoms with Crippen LogP contribution in [0.15, 0.2) is 82.9 Å². The summed E-state index contributed by atoms with van der Waals surface area (Å²) in [6.45, 7) is 2.04. The largest absolute Gasteiger partial charge is 0.382 e. The number of anilines is 1. The highest BCUT2D eigenvalue weighted by molar-refractivity contribution is 5.77. The van der Waals surface area contributed by atoms with Crippen molar-refractivity contribution in [3.05, 3.63) is 101 Å². The molecule has 0 aliphatic carbocycles. The Hall–Kier alpha value is -3.75. The lowest BCUT2D eigenvalue weighted by atomic mass is 9.93. The number of likely N-dealkylation sites (tertiary alicyclic amines) is 1. The average molecular weight is 531 g/mol. The monoisotopic (exact) mass is 530 g/mol. The SMILES string of the molecule is COC(/C=[N+]1\C=NC=N1)(CN1CCCC(Nc2ccc(Cc3ccccc3)cc2)CC1)c1ccc(F)cc1F. The molecule has 1 fully saturated rings. The highest BCUT2D eigenvalue weighted by Crippen LogP contribution is 2.29. The van der Waals surface area contributed by atoms with Gasteiger partial charge in [-0.1, -0.05) is 42.5 Å². The molecule has 2 atom stereocenters. The Bertz CT molecular complexity index is 1330. The van der Waals surface area contributed by atoms with Gasteiger partial charge in [0.2, 0.25) is 0 Å². The lowest BCUT2D eigenvalue weighted by Gasteiger charge is -2.34. The van der Waals surface area contributed by atoms with E-state index in [9.17, 15) is 4.39 Å². The average Bonchev–Trinajstić information content (AvgIpc) is 3.36. The summed E-state index contributed by atoms with van der Waals surface area (Å²) in [4.78, 5) is 6.28. The Morgan fingerprint density at radius 3 is 2.54 bits per heavy atom. The summed E-state index contributed by atoms with van der Waals surface area (Å²) in [5, 5.41) is 7.87. The van der Waals surface area contributed by atoms with Crippen LogP contribution in [0.1, 0.15) is 36.0 Å². The molecule has 1 saturated heterocycles. The molecule has 3 aromatic rings. The van der Waals surface area contributed by atoms with Crippen LogP contribution in [-0.4, -0.2) is 61.3 Å². The van der Waals surface area contributed by atoms with Gasteiger partial charge in [0.05, 0.1) is 0 Å². The molecule has 0 radical (unpaired) electrons. The molecule has 3 aromatic carbocycles. The summed E-state index contributed by atoms with van der Waals surface area (Å²) in [5.41, 5.74) is 2.79. The Morgan fingerprint density at radius 1 is 1.03 bits per heavy atom. The van der Waals surface area contributed by atoms with Crippen molar-refractivity contribution in [2.24, 2.45) is 10.1 Å². The lowest BCUT2D eigenvalue weighted by Crippen LogP contribution is -2.46. The molecule has 2 aliphatic heterocycles. The van der Waals surface area contributed by atoms with Gasteiger partial charge < -0.3 is 10.1 Å². The maximum Gasteiger partial charge on any atom is 0.313 e. The molecule has 8 heteroatoms. The normalized spacial score (nSPS) is 20.2. The molecule has 0 aromatic heterocycles. The van der Waals surface area contributed by atoms with Gasteiger partial charge in [-0.2, -0.15) is 0 Å². The first-order valence-corrected chi connectivity index (χ1v) is 13.4. The van der Waals surface area contributed by atoms with Crippen LogP contribution in [0.25, 0.3) is 0 Å². The number of hydrazone groups is 1. The maximum absolute atomic E-state index is 15.0. The van der Waals surface area contributed by atoms with Crippen LogP contribution < -0.4 is 5.32 Å². The summed E-state index contributed by atoms with van der Waals surface area (Å²) >= 11 is 0. The fourth-order valence-electron chi connectivity index (χ4n) is 5.33. The summed E-state index contributed by atoms with van der Waals surface area (Å²) < 4.78 is 36.3. The number of methoxy groups -OCH3 is 1. The molecule has 2 unspecified atom stereocenters. The van der Waals surface area contributed by atoms with Crippen LogP contribution in [0, 0.1) is 11.6 Å². The highest BCUT2D eigenvalue weighted by Gasteiger charge is 2.39. The summed E-state index contributed by atoms with van der Waals surface area (Å²) in [6.07, 6.45) is 8.51. The molecule has 6 nitrogen and oxygen atoms in total. The van der Waals surface area contributed by atoms with Gasteiger partial charge in [0, 0.05) is 43.6 Å². The van der Waals surface area contributed by atoms with Crippen LogP contribution in [0.4, 0.5) is 14.5 Å². The number of benzene rings is 3. The Labute approximate surface area is 228 Å². The first-order valence-electron chi connectivity index (χ1n) is 13.4. The van der Waals surface area contributed by atoms with Crippen LogP contribution >= 0.6 is 0 Å². The Kier molecular flexibility index (Phi) is 8.54. The number of hydrogen-bond acceptors (Lipinski definition) is 5. The minimum Gasteiger partial charge on any atom is -0.382 e. The topological polar surface area (TPSA) is 52.2 Å². The van der Waals surface area contributed by atoms with Crippen molar-refractivity contribution in [2.75, 3.05) is 32.1 Å². The zero-order valence-corrected chi connectivity index (χ0v) is 22.1. The maximum atomic E-state index is 15.0. The fourth-order valence-corrected chi connectivity index (χ4v) is 5.33. The van der Waals surface area contributed by atoms with Gasteiger partial charge in [-0.05, 0) is 77.7 Å². The van der Waals surface area contributed by atoms with E-state index in [1.807, 2.05) is 6.07 Å². The van der Waals surface area contributed by atoms with E-state index in [0.29, 0.717) is 12.6 Å². The predicted molar refractivity (Wildman–Crippen MR) is 152 cm³/mol. The van der Waals surface area contributed by atoms with E-state index in [1.54, 1.807) is 13.3 Å². The minimum atomic E-state index is -1.17. The van der Waals surface area contributed by atoms with E-state index >= 15 is 4.39 Å². The van der Waals surface area contributed by atoms with E-state index in [0.717, 1.165) is 50.5 Å². The van der Waals surface area contributed by atoms with Gasteiger partial charge in [0.25, 0.3) is 6.34 Å². The second-order valence-corrected chi connectivity index (χ2v) is 10.1. The third-order valence-corrected chi connectivity index (χ3v) is 7.38. The number of ether oxygens (including phenoxy) is 1. The van der Waals surface area contributed by atoms with Crippen LogP contribution in [0.3, 0.4) is 0 Å². The molecule has 202 valence electrons. The van der Waals surface area contributed by atoms with Crippen LogP contribution in [0.5, 0.6) is 0 Å². The third-order valence-electron chi connectivity index (χ3n) is 7.38. The second kappa shape index (κ2) is 12.4. The van der Waals surface area contributed by atoms with Crippen molar-refractivity contribution in [1.29, 1.82) is 0 Å². The van der Waals surface area contributed by atoms with Crippen molar-refractivity contribution in [3.63, 3.8) is 0 Å². The lowest BCUT2D eigenvalue weighted by molar-refractivity contribution is -0.399. The molecule has 39 heavy (non-hydrogen) atoms. The minimum absolute atomic E-state index is 0.261. The molecule has 0 saturated carbocycles. The number of nitrogens with one attached hydrogen (secondary N) is 1. The Morgan fingerprint density at radius 2 is 1.82 bits per heavy atom. The fraction of sp³-hybridized carbons (Fsp3) is 0.323. The predicted octanol–water partition coefficient (Wildman–Crippen LogP) is 5.43. The zero-order chi connectivity index (χ0) is 27.1. The molecule has 2 heterocycles. The van der Waals surface area contributed by atoms with Crippen LogP contribution in [-0.2, 0) is 16.8 Å². The first-order chi connectivity index (χ1) is 19.0. The van der Waals surface area contributed by atoms with Crippen molar-refractivity contribution in [2.45, 2.75) is 37.3 Å². The van der Waals surface area contributed by atoms with Crippen molar-refractivity contribution < 1.29 is 18.2 Å². The number of aliphatic imine (C=N–C) groups is 1. The Balaban J connectivity index is 1.25. The molecule has 0 amide bonds. The van der Waals surface area contributed by atoms with Gasteiger partial charge >= 0.3 is 6.34 Å². The first kappa shape index (κ1) is 26.8. The van der Waals surface area contributed by atoms with Gasteiger partial charge in [0.1, 0.15) is 17.8 Å². The molecule has 2 aliphatic rings. The molecule has 0 spiro atoms. The van der Waals surface area contributed by atoms with Gasteiger partial charge in [-0.3, -0.25) is 4.90 Å². The second-order valence-electron chi connectivity index (χ2n) is 10.1. The van der Waals surface area contributed by atoms with E-state index in [1.165, 1.54) is 40.6 Å². The number of nitrogens with zero attached hydrogens (tertiary/aromatic N) is 4. The number of rotatable bonds is 9. The van der Waals surface area contributed by atoms with Crippen molar-refractivity contribution >= 4 is 24.6 Å². The molecule has 5 rings (SSSR count). The smallest absolute Gasteiger partial charge is 0.313 e. The van der Waals surface area contributed by atoms with Gasteiger partial charge in [0.15, 0.2) is 5.60 Å². The third kappa shape index (κ3) is 6.82. The quantitative estimate of drug-likeness (QED) is 0.375. The summed E-state index contributed by atoms with van der Waals surface area (Å²) in [7, 11) is 1.54. The number of hydrogen-bond donors (Lipinski definition) is 1. The number of halogens is 2. The summed E-state index contributed by atoms with van der Waals surface area (Å²) in [6, 6.07) is 23.1. The van der Waals surface area contributed by atoms with Gasteiger partial charge in [-0.15, -0.1) is 4.68 Å². The highest BCUT2D eigenvalue weighted by atomic mass is 19.1. The van der Waals surface area contributed by atoms with E-state index in [4.69, 9.17) is 4.74 Å². The van der Waals surface area contributed by atoms with E-state index in [2.05, 4.69) is 68.8 Å². The molecular formula is C31H34F2N5O+. The van der Waals surface area contributed by atoms with Crippen molar-refractivity contribution in [3.8, 4) is 0 Å². The summed E-state index contributed by atoms with van der Waals surface area (Å²) in [5.74, 6) is -1.28. The van der Waals surface area contributed by atoms with E-state index in [-0.39, 0.29) is 5.56 Å². The van der Waals surface area contributed by atoms with E-state index < -0.39 is 17.2 Å². The molecule has 1 N–H and O–H groups in total. The van der Waals surface area contributed by atoms with Crippen LogP contribution in [0.2, 0.25) is 0 Å².